The van der Waals surface area contributed by atoms with E-state index in [1.807, 2.05) is 10.3 Å². The van der Waals surface area contributed by atoms with Gasteiger partial charge in [0.25, 0.3) is 5.91 Å². The monoisotopic (exact) mass is 265 g/mol. The molecule has 2 aromatic rings. The lowest BCUT2D eigenvalue weighted by atomic mass is 10.3. The third kappa shape index (κ3) is 2.37. The van der Waals surface area contributed by atoms with Crippen molar-refractivity contribution in [2.75, 3.05) is 0 Å². The van der Waals surface area contributed by atoms with Gasteiger partial charge in [0.1, 0.15) is 4.88 Å². The molecule has 2 heterocycles. The van der Waals surface area contributed by atoms with E-state index in [0.717, 1.165) is 12.8 Å². The molecule has 0 unspecified atom stereocenters. The molecule has 0 atom stereocenters. The minimum Gasteiger partial charge on any atom is -0.331 e. The Hall–Kier alpha value is -1.27. The van der Waals surface area contributed by atoms with E-state index < -0.39 is 0 Å². The Labute approximate surface area is 107 Å². The lowest BCUT2D eigenvalue weighted by Gasteiger charge is -2.20. The van der Waals surface area contributed by atoms with Gasteiger partial charge >= 0.3 is 0 Å². The summed E-state index contributed by atoms with van der Waals surface area (Å²) in [6, 6.07) is 2.47. The SMILES string of the molecule is O=C(c1cnns1)N(Cc1ccsc1)C1CC1. The van der Waals surface area contributed by atoms with Crippen LogP contribution in [-0.4, -0.2) is 26.4 Å². The van der Waals surface area contributed by atoms with Gasteiger partial charge in [-0.1, -0.05) is 4.49 Å². The Balaban J connectivity index is 1.78. The van der Waals surface area contributed by atoms with Crippen molar-refractivity contribution < 1.29 is 4.79 Å². The van der Waals surface area contributed by atoms with E-state index >= 15 is 0 Å². The molecule has 6 heteroatoms. The number of amides is 1. The molecule has 17 heavy (non-hydrogen) atoms. The van der Waals surface area contributed by atoms with Gasteiger partial charge < -0.3 is 4.90 Å². The highest BCUT2D eigenvalue weighted by molar-refractivity contribution is 7.08. The molecule has 1 saturated carbocycles. The average molecular weight is 265 g/mol. The lowest BCUT2D eigenvalue weighted by Crippen LogP contribution is -2.31. The molecule has 1 aliphatic carbocycles. The molecule has 1 amide bonds. The summed E-state index contributed by atoms with van der Waals surface area (Å²) >= 11 is 2.83. The fourth-order valence-corrected chi connectivity index (χ4v) is 2.87. The molecule has 4 nitrogen and oxygen atoms in total. The summed E-state index contributed by atoms with van der Waals surface area (Å²) in [7, 11) is 0. The molecule has 88 valence electrons. The molecule has 0 bridgehead atoms. The van der Waals surface area contributed by atoms with Crippen molar-refractivity contribution in [1.29, 1.82) is 0 Å². The van der Waals surface area contributed by atoms with Gasteiger partial charge in [0.15, 0.2) is 0 Å². The summed E-state index contributed by atoms with van der Waals surface area (Å²) in [4.78, 5) is 14.8. The quantitative estimate of drug-likeness (QED) is 0.852. The molecule has 1 aliphatic rings. The number of thiophene rings is 1. The molecule has 0 radical (unpaired) electrons. The van der Waals surface area contributed by atoms with E-state index in [1.54, 1.807) is 17.5 Å². The van der Waals surface area contributed by atoms with Crippen molar-refractivity contribution >= 4 is 28.8 Å². The third-order valence-electron chi connectivity index (χ3n) is 2.75. The Morgan fingerprint density at radius 1 is 1.53 bits per heavy atom. The van der Waals surface area contributed by atoms with Crippen molar-refractivity contribution in [2.24, 2.45) is 0 Å². The van der Waals surface area contributed by atoms with Crippen LogP contribution in [0.2, 0.25) is 0 Å². The second-order valence-electron chi connectivity index (χ2n) is 4.08. The Bertz CT molecular complexity index is 491. The number of rotatable bonds is 4. The zero-order valence-electron chi connectivity index (χ0n) is 9.07. The summed E-state index contributed by atoms with van der Waals surface area (Å²) in [6.07, 6.45) is 3.78. The fraction of sp³-hybridized carbons (Fsp3) is 0.364. The standard InChI is InChI=1S/C11H11N3OS2/c15-11(10-5-12-13-17-10)14(9-1-2-9)6-8-3-4-16-7-8/h3-5,7,9H,1-2,6H2. The topological polar surface area (TPSA) is 46.1 Å². The zero-order valence-corrected chi connectivity index (χ0v) is 10.7. The maximum absolute atomic E-state index is 12.3. The predicted octanol–water partition coefficient (Wildman–Crippen LogP) is 2.40. The van der Waals surface area contributed by atoms with Gasteiger partial charge in [-0.15, -0.1) is 5.10 Å². The molecular formula is C11H11N3OS2. The maximum atomic E-state index is 12.3. The minimum absolute atomic E-state index is 0.0636. The van der Waals surface area contributed by atoms with Crippen LogP contribution in [0.25, 0.3) is 0 Å². The number of hydrogen-bond acceptors (Lipinski definition) is 5. The van der Waals surface area contributed by atoms with E-state index in [9.17, 15) is 4.79 Å². The van der Waals surface area contributed by atoms with Crippen molar-refractivity contribution in [3.8, 4) is 0 Å². The maximum Gasteiger partial charge on any atom is 0.267 e. The summed E-state index contributed by atoms with van der Waals surface area (Å²) in [5.41, 5.74) is 1.20. The van der Waals surface area contributed by atoms with E-state index in [2.05, 4.69) is 21.0 Å². The second-order valence-corrected chi connectivity index (χ2v) is 5.64. The van der Waals surface area contributed by atoms with Crippen LogP contribution >= 0.6 is 22.9 Å². The summed E-state index contributed by atoms with van der Waals surface area (Å²) in [5.74, 6) is 0.0636. The molecule has 2 aromatic heterocycles. The Morgan fingerprint density at radius 3 is 3.00 bits per heavy atom. The molecule has 0 spiro atoms. The molecule has 0 aromatic carbocycles. The van der Waals surface area contributed by atoms with Crippen molar-refractivity contribution in [3.05, 3.63) is 33.5 Å². The second kappa shape index (κ2) is 4.54. The number of carbonyl (C=O) groups excluding carboxylic acids is 1. The Kier molecular flexibility index (Phi) is 2.90. The molecule has 3 rings (SSSR count). The first kappa shape index (κ1) is 10.9. The number of hydrogen-bond donors (Lipinski definition) is 0. The predicted molar refractivity (Wildman–Crippen MR) is 67.1 cm³/mol. The molecule has 1 fully saturated rings. The number of aromatic nitrogens is 2. The molecule has 0 saturated heterocycles. The van der Waals surface area contributed by atoms with Gasteiger partial charge in [0, 0.05) is 12.6 Å². The largest absolute Gasteiger partial charge is 0.331 e. The van der Waals surface area contributed by atoms with Crippen LogP contribution in [0.15, 0.2) is 23.0 Å². The minimum atomic E-state index is 0.0636. The number of nitrogens with zero attached hydrogens (tertiary/aromatic N) is 3. The van der Waals surface area contributed by atoms with E-state index in [0.29, 0.717) is 17.5 Å². The normalized spacial score (nSPS) is 14.8. The first-order valence-corrected chi connectivity index (χ1v) is 7.15. The van der Waals surface area contributed by atoms with E-state index in [4.69, 9.17) is 0 Å². The Morgan fingerprint density at radius 2 is 2.41 bits per heavy atom. The van der Waals surface area contributed by atoms with Crippen LogP contribution in [-0.2, 0) is 6.54 Å². The highest BCUT2D eigenvalue weighted by Gasteiger charge is 2.33. The van der Waals surface area contributed by atoms with Crippen LogP contribution in [0.1, 0.15) is 28.1 Å². The molecular weight excluding hydrogens is 254 g/mol. The average Bonchev–Trinajstić information content (AvgIpc) is 2.86. The van der Waals surface area contributed by atoms with Crippen LogP contribution in [0.3, 0.4) is 0 Å². The van der Waals surface area contributed by atoms with Crippen LogP contribution in [0.4, 0.5) is 0 Å². The van der Waals surface area contributed by atoms with Crippen molar-refractivity contribution in [1.82, 2.24) is 14.5 Å². The fourth-order valence-electron chi connectivity index (χ4n) is 1.74. The van der Waals surface area contributed by atoms with Crippen molar-refractivity contribution in [3.63, 3.8) is 0 Å². The van der Waals surface area contributed by atoms with Gasteiger partial charge in [0.2, 0.25) is 0 Å². The van der Waals surface area contributed by atoms with Crippen LogP contribution in [0.5, 0.6) is 0 Å². The van der Waals surface area contributed by atoms with Gasteiger partial charge in [-0.25, -0.2) is 0 Å². The van der Waals surface area contributed by atoms with E-state index in [1.165, 1.54) is 17.1 Å². The van der Waals surface area contributed by atoms with Gasteiger partial charge in [0.05, 0.1) is 6.20 Å². The van der Waals surface area contributed by atoms with Gasteiger partial charge in [-0.05, 0) is 46.8 Å². The first-order chi connectivity index (χ1) is 8.34. The highest BCUT2D eigenvalue weighted by atomic mass is 32.1. The van der Waals surface area contributed by atoms with Crippen molar-refractivity contribution in [2.45, 2.75) is 25.4 Å². The van der Waals surface area contributed by atoms with Crippen LogP contribution in [0, 0.1) is 0 Å². The molecule has 0 aliphatic heterocycles. The molecule has 0 N–H and O–H groups in total. The smallest absolute Gasteiger partial charge is 0.267 e. The third-order valence-corrected chi connectivity index (χ3v) is 4.14. The number of carbonyl (C=O) groups is 1. The lowest BCUT2D eigenvalue weighted by molar-refractivity contribution is 0.0735. The van der Waals surface area contributed by atoms with Gasteiger partial charge in [-0.2, -0.15) is 11.3 Å². The highest BCUT2D eigenvalue weighted by Crippen LogP contribution is 2.30. The van der Waals surface area contributed by atoms with Crippen LogP contribution < -0.4 is 0 Å². The summed E-state index contributed by atoms with van der Waals surface area (Å²) in [5, 5.41) is 7.86. The zero-order chi connectivity index (χ0) is 11.7. The first-order valence-electron chi connectivity index (χ1n) is 5.44. The summed E-state index contributed by atoms with van der Waals surface area (Å²) < 4.78 is 3.75. The van der Waals surface area contributed by atoms with E-state index in [-0.39, 0.29) is 5.91 Å². The summed E-state index contributed by atoms with van der Waals surface area (Å²) in [6.45, 7) is 0.699. The van der Waals surface area contributed by atoms with Gasteiger partial charge in [-0.3, -0.25) is 4.79 Å².